The molecule has 1 saturated heterocycles. The first-order valence-corrected chi connectivity index (χ1v) is 8.15. The first-order valence-electron chi connectivity index (χ1n) is 7.17. The second-order valence-corrected chi connectivity index (χ2v) is 6.66. The number of aliphatic carboxylic acids is 1. The first-order chi connectivity index (χ1) is 10.5. The number of rotatable bonds is 6. The second kappa shape index (κ2) is 7.15. The van der Waals surface area contributed by atoms with Crippen molar-refractivity contribution < 1.29 is 19.4 Å². The number of carboxylic acids is 1. The number of thioether (sulfide) groups is 1. The third kappa shape index (κ3) is 3.62. The molecular formula is C16H21NO4S. The molecule has 5 nitrogen and oxygen atoms in total. The van der Waals surface area contributed by atoms with Crippen molar-refractivity contribution in [2.45, 2.75) is 18.2 Å². The van der Waals surface area contributed by atoms with Crippen LogP contribution in [-0.4, -0.2) is 54.4 Å². The molecule has 1 aromatic rings. The predicted octanol–water partition coefficient (Wildman–Crippen LogP) is 2.04. The van der Waals surface area contributed by atoms with Gasteiger partial charge in [0.15, 0.2) is 0 Å². The van der Waals surface area contributed by atoms with Gasteiger partial charge in [-0.05, 0) is 25.0 Å². The molecule has 0 saturated carbocycles. The highest BCUT2D eigenvalue weighted by Gasteiger charge is 2.46. The summed E-state index contributed by atoms with van der Waals surface area (Å²) < 4.78 is 5.04. The Morgan fingerprint density at radius 1 is 1.41 bits per heavy atom. The number of benzene rings is 1. The molecule has 1 aliphatic heterocycles. The largest absolute Gasteiger partial charge is 0.481 e. The molecular weight excluding hydrogens is 302 g/mol. The maximum atomic E-state index is 12.3. The number of nitrogens with zero attached hydrogens (tertiary/aromatic N) is 1. The predicted molar refractivity (Wildman–Crippen MR) is 85.0 cm³/mol. The van der Waals surface area contributed by atoms with Crippen LogP contribution in [0.15, 0.2) is 29.2 Å². The fourth-order valence-electron chi connectivity index (χ4n) is 2.66. The molecule has 120 valence electrons. The maximum Gasteiger partial charge on any atom is 0.313 e. The lowest BCUT2D eigenvalue weighted by atomic mass is 9.88. The normalized spacial score (nSPS) is 21.1. The van der Waals surface area contributed by atoms with E-state index in [1.54, 1.807) is 4.90 Å². The lowest BCUT2D eigenvalue weighted by Crippen LogP contribution is -2.40. The standard InChI is InChI=1S/C16H21NO4S/c1-12-5-3-4-6-13(12)22-9-14(18)17-8-7-16(10-17,11-21-2)15(19)20/h3-6H,7-11H2,1-2H3,(H,19,20). The number of hydrogen-bond acceptors (Lipinski definition) is 4. The van der Waals surface area contributed by atoms with Crippen molar-refractivity contribution in [2.75, 3.05) is 32.6 Å². The van der Waals surface area contributed by atoms with Gasteiger partial charge >= 0.3 is 5.97 Å². The van der Waals surface area contributed by atoms with Gasteiger partial charge in [0.05, 0.1) is 12.4 Å². The van der Waals surface area contributed by atoms with Crippen LogP contribution >= 0.6 is 11.8 Å². The van der Waals surface area contributed by atoms with Crippen molar-refractivity contribution in [3.8, 4) is 0 Å². The minimum atomic E-state index is -0.961. The Kier molecular flexibility index (Phi) is 5.47. The number of carbonyl (C=O) groups is 2. The van der Waals surface area contributed by atoms with E-state index in [1.807, 2.05) is 31.2 Å². The third-order valence-electron chi connectivity index (χ3n) is 4.03. The van der Waals surface area contributed by atoms with Crippen molar-refractivity contribution in [3.05, 3.63) is 29.8 Å². The van der Waals surface area contributed by atoms with Crippen molar-refractivity contribution in [2.24, 2.45) is 5.41 Å². The number of carbonyl (C=O) groups excluding carboxylic acids is 1. The van der Waals surface area contributed by atoms with Crippen LogP contribution in [0.4, 0.5) is 0 Å². The van der Waals surface area contributed by atoms with E-state index in [4.69, 9.17) is 4.74 Å². The molecule has 1 heterocycles. The summed E-state index contributed by atoms with van der Waals surface area (Å²) in [5.74, 6) is -0.586. The van der Waals surface area contributed by atoms with E-state index in [0.29, 0.717) is 18.7 Å². The van der Waals surface area contributed by atoms with Gasteiger partial charge in [-0.15, -0.1) is 11.8 Å². The highest BCUT2D eigenvalue weighted by atomic mass is 32.2. The van der Waals surface area contributed by atoms with Crippen molar-refractivity contribution in [1.29, 1.82) is 0 Å². The molecule has 1 N–H and O–H groups in total. The molecule has 0 spiro atoms. The molecule has 1 atom stereocenters. The molecule has 22 heavy (non-hydrogen) atoms. The number of hydrogen-bond donors (Lipinski definition) is 1. The zero-order valence-electron chi connectivity index (χ0n) is 12.9. The Hall–Kier alpha value is -1.53. The van der Waals surface area contributed by atoms with E-state index in [2.05, 4.69) is 0 Å². The molecule has 0 aromatic heterocycles. The molecule has 1 aliphatic rings. The van der Waals surface area contributed by atoms with Gasteiger partial charge < -0.3 is 14.7 Å². The molecule has 0 radical (unpaired) electrons. The number of methoxy groups -OCH3 is 1. The van der Waals surface area contributed by atoms with Gasteiger partial charge in [0.25, 0.3) is 0 Å². The zero-order chi connectivity index (χ0) is 16.2. The smallest absolute Gasteiger partial charge is 0.313 e. The van der Waals surface area contributed by atoms with Crippen molar-refractivity contribution in [1.82, 2.24) is 4.90 Å². The first kappa shape index (κ1) is 16.8. The van der Waals surface area contributed by atoms with Crippen LogP contribution in [0.3, 0.4) is 0 Å². The van der Waals surface area contributed by atoms with E-state index in [-0.39, 0.29) is 19.1 Å². The van der Waals surface area contributed by atoms with Crippen LogP contribution in [0.5, 0.6) is 0 Å². The Balaban J connectivity index is 1.94. The number of ether oxygens (including phenoxy) is 1. The van der Waals surface area contributed by atoms with Gasteiger partial charge in [-0.3, -0.25) is 9.59 Å². The number of carboxylic acid groups (broad SMARTS) is 1. The van der Waals surface area contributed by atoms with Crippen LogP contribution < -0.4 is 0 Å². The summed E-state index contributed by atoms with van der Waals surface area (Å²) >= 11 is 1.49. The molecule has 1 fully saturated rings. The Bertz CT molecular complexity index is 563. The van der Waals surface area contributed by atoms with E-state index in [0.717, 1.165) is 10.5 Å². The summed E-state index contributed by atoms with van der Waals surface area (Å²) in [5, 5.41) is 9.42. The fraction of sp³-hybridized carbons (Fsp3) is 0.500. The van der Waals surface area contributed by atoms with Crippen LogP contribution in [-0.2, 0) is 14.3 Å². The van der Waals surface area contributed by atoms with Gasteiger partial charge in [-0.2, -0.15) is 0 Å². The Morgan fingerprint density at radius 3 is 2.77 bits per heavy atom. The van der Waals surface area contributed by atoms with E-state index < -0.39 is 11.4 Å². The molecule has 1 unspecified atom stereocenters. The molecule has 0 bridgehead atoms. The van der Waals surface area contributed by atoms with Crippen LogP contribution in [0.2, 0.25) is 0 Å². The summed E-state index contributed by atoms with van der Waals surface area (Å²) in [6.45, 7) is 2.85. The Morgan fingerprint density at radius 2 is 2.14 bits per heavy atom. The van der Waals surface area contributed by atoms with Gasteiger partial charge in [0.2, 0.25) is 5.91 Å². The van der Waals surface area contributed by atoms with E-state index in [9.17, 15) is 14.7 Å². The van der Waals surface area contributed by atoms with Gasteiger partial charge in [0, 0.05) is 25.1 Å². The van der Waals surface area contributed by atoms with Gasteiger partial charge in [-0.25, -0.2) is 0 Å². The number of likely N-dealkylation sites (tertiary alicyclic amines) is 1. The second-order valence-electron chi connectivity index (χ2n) is 5.64. The zero-order valence-corrected chi connectivity index (χ0v) is 13.7. The molecule has 0 aliphatic carbocycles. The third-order valence-corrected chi connectivity index (χ3v) is 5.19. The van der Waals surface area contributed by atoms with E-state index in [1.165, 1.54) is 18.9 Å². The van der Waals surface area contributed by atoms with E-state index >= 15 is 0 Å². The molecule has 1 amide bonds. The summed E-state index contributed by atoms with van der Waals surface area (Å²) in [4.78, 5) is 26.5. The minimum Gasteiger partial charge on any atom is -0.481 e. The number of aryl methyl sites for hydroxylation is 1. The average Bonchev–Trinajstić information content (AvgIpc) is 2.92. The van der Waals surface area contributed by atoms with Crippen LogP contribution in [0.25, 0.3) is 0 Å². The summed E-state index contributed by atoms with van der Waals surface area (Å²) in [6.07, 6.45) is 0.441. The highest BCUT2D eigenvalue weighted by Crippen LogP contribution is 2.32. The molecule has 1 aromatic carbocycles. The lowest BCUT2D eigenvalue weighted by Gasteiger charge is -2.23. The fourth-order valence-corrected chi connectivity index (χ4v) is 3.60. The summed E-state index contributed by atoms with van der Waals surface area (Å²) in [7, 11) is 1.49. The lowest BCUT2D eigenvalue weighted by molar-refractivity contribution is -0.151. The minimum absolute atomic E-state index is 0.0209. The highest BCUT2D eigenvalue weighted by molar-refractivity contribution is 8.00. The van der Waals surface area contributed by atoms with Crippen molar-refractivity contribution in [3.63, 3.8) is 0 Å². The monoisotopic (exact) mass is 323 g/mol. The van der Waals surface area contributed by atoms with Crippen LogP contribution in [0.1, 0.15) is 12.0 Å². The Labute approximate surface area is 134 Å². The summed E-state index contributed by atoms with van der Waals surface area (Å²) in [6, 6.07) is 7.91. The average molecular weight is 323 g/mol. The van der Waals surface area contributed by atoms with Crippen molar-refractivity contribution >= 4 is 23.6 Å². The SMILES string of the molecule is COCC1(C(=O)O)CCN(C(=O)CSc2ccccc2C)C1. The van der Waals surface area contributed by atoms with Crippen LogP contribution in [0, 0.1) is 12.3 Å². The molecule has 2 rings (SSSR count). The quantitative estimate of drug-likeness (QED) is 0.812. The molecule has 6 heteroatoms. The summed E-state index contributed by atoms with van der Waals surface area (Å²) in [5.41, 5.74) is 0.179. The number of amides is 1. The topological polar surface area (TPSA) is 66.8 Å². The van der Waals surface area contributed by atoms with Gasteiger partial charge in [0.1, 0.15) is 5.41 Å². The van der Waals surface area contributed by atoms with Gasteiger partial charge in [-0.1, -0.05) is 18.2 Å². The maximum absolute atomic E-state index is 12.3.